The van der Waals surface area contributed by atoms with Crippen LogP contribution in [0.1, 0.15) is 13.3 Å². The number of carbonyl (C=O) groups is 1. The quantitative estimate of drug-likeness (QED) is 0.718. The number of hydrogen-bond acceptors (Lipinski definition) is 4. The first-order chi connectivity index (χ1) is 9.13. The summed E-state index contributed by atoms with van der Waals surface area (Å²) in [5.41, 5.74) is 0.924. The minimum Gasteiger partial charge on any atom is -0.324 e. The summed E-state index contributed by atoms with van der Waals surface area (Å²) >= 11 is 1.63. The van der Waals surface area contributed by atoms with Crippen molar-refractivity contribution >= 4 is 23.4 Å². The lowest BCUT2D eigenvalue weighted by molar-refractivity contribution is -0.115. The molecule has 1 atom stereocenters. The van der Waals surface area contributed by atoms with E-state index in [0.29, 0.717) is 6.54 Å². The smallest absolute Gasteiger partial charge is 0.238 e. The lowest BCUT2D eigenvalue weighted by atomic mass is 10.0. The standard InChI is InChI=1S/C14H21N3OS/c1-14(7-8-15-10-14)16-9-13(18)17-11-5-3-4-6-12(11)19-2/h3-6,15-16H,7-10H2,1-2H3,(H,17,18). The molecule has 1 unspecified atom stereocenters. The summed E-state index contributed by atoms with van der Waals surface area (Å²) in [5, 5.41) is 9.60. The Balaban J connectivity index is 1.87. The largest absolute Gasteiger partial charge is 0.324 e. The van der Waals surface area contributed by atoms with E-state index in [0.717, 1.165) is 30.1 Å². The summed E-state index contributed by atoms with van der Waals surface area (Å²) in [6, 6.07) is 7.86. The normalized spacial score (nSPS) is 22.4. The first-order valence-electron chi connectivity index (χ1n) is 6.52. The van der Waals surface area contributed by atoms with Crippen molar-refractivity contribution in [3.05, 3.63) is 24.3 Å². The summed E-state index contributed by atoms with van der Waals surface area (Å²) in [5.74, 6) is 0.00891. The molecule has 1 aliphatic heterocycles. The molecule has 1 aliphatic rings. The summed E-state index contributed by atoms with van der Waals surface area (Å²) < 4.78 is 0. The van der Waals surface area contributed by atoms with Crippen LogP contribution in [0.2, 0.25) is 0 Å². The maximum Gasteiger partial charge on any atom is 0.238 e. The maximum atomic E-state index is 12.0. The minimum atomic E-state index is 0.00891. The van der Waals surface area contributed by atoms with Gasteiger partial charge in [-0.25, -0.2) is 0 Å². The van der Waals surface area contributed by atoms with E-state index in [1.165, 1.54) is 0 Å². The molecule has 1 heterocycles. The van der Waals surface area contributed by atoms with Crippen LogP contribution in [-0.4, -0.2) is 37.3 Å². The lowest BCUT2D eigenvalue weighted by Gasteiger charge is -2.24. The van der Waals surface area contributed by atoms with Gasteiger partial charge < -0.3 is 16.0 Å². The molecule has 2 rings (SSSR count). The van der Waals surface area contributed by atoms with Gasteiger partial charge in [0.25, 0.3) is 0 Å². The average Bonchev–Trinajstić information content (AvgIpc) is 2.85. The zero-order valence-corrected chi connectivity index (χ0v) is 12.3. The van der Waals surface area contributed by atoms with Gasteiger partial charge in [0.2, 0.25) is 5.91 Å². The highest BCUT2D eigenvalue weighted by Crippen LogP contribution is 2.24. The molecule has 5 heteroatoms. The maximum absolute atomic E-state index is 12.0. The minimum absolute atomic E-state index is 0.00891. The fraction of sp³-hybridized carbons (Fsp3) is 0.500. The number of benzene rings is 1. The summed E-state index contributed by atoms with van der Waals surface area (Å²) in [6.07, 6.45) is 3.07. The average molecular weight is 279 g/mol. The first kappa shape index (κ1) is 14.4. The monoisotopic (exact) mass is 279 g/mol. The van der Waals surface area contributed by atoms with Gasteiger partial charge in [0, 0.05) is 17.0 Å². The van der Waals surface area contributed by atoms with Crippen LogP contribution >= 0.6 is 11.8 Å². The zero-order valence-electron chi connectivity index (χ0n) is 11.5. The van der Waals surface area contributed by atoms with Crippen molar-refractivity contribution in [2.24, 2.45) is 0 Å². The molecule has 1 aromatic carbocycles. The number of rotatable bonds is 5. The Hall–Kier alpha value is -1.04. The number of anilines is 1. The third kappa shape index (κ3) is 3.96. The highest BCUT2D eigenvalue weighted by molar-refractivity contribution is 7.98. The number of thioether (sulfide) groups is 1. The topological polar surface area (TPSA) is 53.2 Å². The van der Waals surface area contributed by atoms with Gasteiger partial charge in [-0.15, -0.1) is 11.8 Å². The summed E-state index contributed by atoms with van der Waals surface area (Å²) in [4.78, 5) is 13.1. The molecule has 3 N–H and O–H groups in total. The summed E-state index contributed by atoms with van der Waals surface area (Å²) in [7, 11) is 0. The Kier molecular flexibility index (Phi) is 4.85. The van der Waals surface area contributed by atoms with E-state index in [4.69, 9.17) is 0 Å². The molecule has 0 radical (unpaired) electrons. The number of nitrogens with one attached hydrogen (secondary N) is 3. The fourth-order valence-electron chi connectivity index (χ4n) is 2.20. The van der Waals surface area contributed by atoms with Gasteiger partial charge in [0.1, 0.15) is 0 Å². The van der Waals surface area contributed by atoms with E-state index in [9.17, 15) is 4.79 Å². The molecule has 0 spiro atoms. The van der Waals surface area contributed by atoms with Crippen LogP contribution in [0.15, 0.2) is 29.2 Å². The molecule has 1 aromatic rings. The Morgan fingerprint density at radius 2 is 2.26 bits per heavy atom. The lowest BCUT2D eigenvalue weighted by Crippen LogP contribution is -2.47. The van der Waals surface area contributed by atoms with Crippen molar-refractivity contribution in [2.45, 2.75) is 23.8 Å². The van der Waals surface area contributed by atoms with Crippen molar-refractivity contribution < 1.29 is 4.79 Å². The van der Waals surface area contributed by atoms with Gasteiger partial charge in [-0.05, 0) is 38.3 Å². The SMILES string of the molecule is CSc1ccccc1NC(=O)CNC1(C)CCNC1. The van der Waals surface area contributed by atoms with Crippen molar-refractivity contribution in [3.63, 3.8) is 0 Å². The van der Waals surface area contributed by atoms with Crippen LogP contribution in [-0.2, 0) is 4.79 Å². The molecule has 1 fully saturated rings. The number of amides is 1. The molecule has 0 aliphatic carbocycles. The molecule has 19 heavy (non-hydrogen) atoms. The summed E-state index contributed by atoms with van der Waals surface area (Å²) in [6.45, 7) is 4.43. The van der Waals surface area contributed by atoms with E-state index < -0.39 is 0 Å². The van der Waals surface area contributed by atoms with Crippen molar-refractivity contribution in [1.82, 2.24) is 10.6 Å². The van der Waals surface area contributed by atoms with Gasteiger partial charge >= 0.3 is 0 Å². The molecule has 1 saturated heterocycles. The van der Waals surface area contributed by atoms with Gasteiger partial charge in [-0.1, -0.05) is 12.1 Å². The molecule has 4 nitrogen and oxygen atoms in total. The Bertz CT molecular complexity index is 444. The first-order valence-corrected chi connectivity index (χ1v) is 7.74. The third-order valence-electron chi connectivity index (χ3n) is 3.43. The van der Waals surface area contributed by atoms with Crippen molar-refractivity contribution in [2.75, 3.05) is 31.2 Å². The predicted molar refractivity (Wildman–Crippen MR) is 80.7 cm³/mol. The van der Waals surface area contributed by atoms with E-state index in [1.54, 1.807) is 11.8 Å². The number of carbonyl (C=O) groups excluding carboxylic acids is 1. The van der Waals surface area contributed by atoms with Crippen molar-refractivity contribution in [1.29, 1.82) is 0 Å². The molecule has 0 bridgehead atoms. The Morgan fingerprint density at radius 1 is 1.47 bits per heavy atom. The van der Waals surface area contributed by atoms with Crippen LogP contribution in [0.5, 0.6) is 0 Å². The second-order valence-electron chi connectivity index (χ2n) is 5.09. The van der Waals surface area contributed by atoms with Crippen molar-refractivity contribution in [3.8, 4) is 0 Å². The highest BCUT2D eigenvalue weighted by Gasteiger charge is 2.28. The van der Waals surface area contributed by atoms with Crippen LogP contribution in [0.4, 0.5) is 5.69 Å². The molecule has 104 valence electrons. The molecule has 0 aromatic heterocycles. The molecular weight excluding hydrogens is 258 g/mol. The Labute approximate surface area is 118 Å². The zero-order chi connectivity index (χ0) is 13.7. The third-order valence-corrected chi connectivity index (χ3v) is 4.22. The predicted octanol–water partition coefficient (Wildman–Crippen LogP) is 1.69. The van der Waals surface area contributed by atoms with Crippen LogP contribution < -0.4 is 16.0 Å². The van der Waals surface area contributed by atoms with Gasteiger partial charge in [0.15, 0.2) is 0 Å². The van der Waals surface area contributed by atoms with Crippen LogP contribution in [0, 0.1) is 0 Å². The van der Waals surface area contributed by atoms with E-state index in [-0.39, 0.29) is 11.4 Å². The Morgan fingerprint density at radius 3 is 2.95 bits per heavy atom. The number of para-hydroxylation sites is 1. The van der Waals surface area contributed by atoms with Gasteiger partial charge in [-0.3, -0.25) is 4.79 Å². The molecule has 0 saturated carbocycles. The van der Waals surface area contributed by atoms with Gasteiger partial charge in [0.05, 0.1) is 12.2 Å². The van der Waals surface area contributed by atoms with E-state index >= 15 is 0 Å². The van der Waals surface area contributed by atoms with Gasteiger partial charge in [-0.2, -0.15) is 0 Å². The second kappa shape index (κ2) is 6.41. The highest BCUT2D eigenvalue weighted by atomic mass is 32.2. The molecule has 1 amide bonds. The second-order valence-corrected chi connectivity index (χ2v) is 5.94. The number of hydrogen-bond donors (Lipinski definition) is 3. The molecular formula is C14H21N3OS. The van der Waals surface area contributed by atoms with Crippen LogP contribution in [0.3, 0.4) is 0 Å². The van der Waals surface area contributed by atoms with Crippen LogP contribution in [0.25, 0.3) is 0 Å². The van der Waals surface area contributed by atoms with E-state index in [1.807, 2.05) is 30.5 Å². The fourth-order valence-corrected chi connectivity index (χ4v) is 2.76. The van der Waals surface area contributed by atoms with E-state index in [2.05, 4.69) is 22.9 Å².